The molecular weight excluding hydrogens is 160 g/mol. The van der Waals surface area contributed by atoms with Crippen molar-refractivity contribution in [2.24, 2.45) is 22.1 Å². The number of amidine groups is 1. The first-order valence-corrected chi connectivity index (χ1v) is 5.35. The normalized spacial score (nSPS) is 24.7. The summed E-state index contributed by atoms with van der Waals surface area (Å²) in [7, 11) is 0. The van der Waals surface area contributed by atoms with Crippen LogP contribution in [0.5, 0.6) is 0 Å². The second-order valence-electron chi connectivity index (χ2n) is 4.84. The zero-order valence-corrected chi connectivity index (χ0v) is 9.14. The zero-order chi connectivity index (χ0) is 9.90. The highest BCUT2D eigenvalue weighted by Gasteiger charge is 2.28. The van der Waals surface area contributed by atoms with Gasteiger partial charge in [0, 0.05) is 12.5 Å². The molecule has 2 N–H and O–H groups in total. The summed E-state index contributed by atoms with van der Waals surface area (Å²) in [5, 5.41) is 0. The van der Waals surface area contributed by atoms with E-state index in [1.165, 1.54) is 25.7 Å². The van der Waals surface area contributed by atoms with Crippen LogP contribution in [-0.2, 0) is 0 Å². The van der Waals surface area contributed by atoms with Crippen LogP contribution in [0.3, 0.4) is 0 Å². The minimum atomic E-state index is 0.531. The van der Waals surface area contributed by atoms with Crippen molar-refractivity contribution in [1.82, 2.24) is 0 Å². The summed E-state index contributed by atoms with van der Waals surface area (Å²) in [5.41, 5.74) is 6.43. The molecule has 0 amide bonds. The molecule has 2 nitrogen and oxygen atoms in total. The second-order valence-corrected chi connectivity index (χ2v) is 4.84. The Bertz CT molecular complexity index is 184. The molecule has 1 saturated carbocycles. The van der Waals surface area contributed by atoms with E-state index in [1.807, 2.05) is 6.92 Å². The van der Waals surface area contributed by atoms with Gasteiger partial charge in [0.2, 0.25) is 0 Å². The number of hydrogen-bond acceptors (Lipinski definition) is 1. The Morgan fingerprint density at radius 1 is 1.38 bits per heavy atom. The van der Waals surface area contributed by atoms with Gasteiger partial charge >= 0.3 is 0 Å². The average molecular weight is 182 g/mol. The van der Waals surface area contributed by atoms with Crippen LogP contribution in [0.4, 0.5) is 0 Å². The first-order chi connectivity index (χ1) is 6.05. The first-order valence-electron chi connectivity index (χ1n) is 5.35. The van der Waals surface area contributed by atoms with E-state index in [9.17, 15) is 0 Å². The van der Waals surface area contributed by atoms with Gasteiger partial charge in [0.1, 0.15) is 0 Å². The SMILES string of the molecule is CCN=C(N)C1CCC(C)(C)CC1. The van der Waals surface area contributed by atoms with E-state index in [-0.39, 0.29) is 0 Å². The molecule has 0 radical (unpaired) electrons. The van der Waals surface area contributed by atoms with E-state index < -0.39 is 0 Å². The van der Waals surface area contributed by atoms with Crippen LogP contribution in [0.25, 0.3) is 0 Å². The summed E-state index contributed by atoms with van der Waals surface area (Å²) in [4.78, 5) is 4.29. The van der Waals surface area contributed by atoms with E-state index in [2.05, 4.69) is 18.8 Å². The molecule has 1 aliphatic carbocycles. The van der Waals surface area contributed by atoms with Gasteiger partial charge in [-0.15, -0.1) is 0 Å². The van der Waals surface area contributed by atoms with Crippen molar-refractivity contribution in [3.63, 3.8) is 0 Å². The maximum atomic E-state index is 5.90. The van der Waals surface area contributed by atoms with Gasteiger partial charge in [-0.25, -0.2) is 0 Å². The third-order valence-electron chi connectivity index (χ3n) is 3.10. The monoisotopic (exact) mass is 182 g/mol. The maximum Gasteiger partial charge on any atom is 0.0968 e. The number of rotatable bonds is 2. The van der Waals surface area contributed by atoms with Gasteiger partial charge in [0.25, 0.3) is 0 Å². The van der Waals surface area contributed by atoms with Crippen LogP contribution in [0.2, 0.25) is 0 Å². The Hall–Kier alpha value is -0.530. The smallest absolute Gasteiger partial charge is 0.0968 e. The minimum absolute atomic E-state index is 0.531. The third kappa shape index (κ3) is 3.02. The maximum absolute atomic E-state index is 5.90. The molecule has 13 heavy (non-hydrogen) atoms. The van der Waals surface area contributed by atoms with Gasteiger partial charge < -0.3 is 5.73 Å². The van der Waals surface area contributed by atoms with Crippen molar-refractivity contribution in [3.8, 4) is 0 Å². The molecule has 0 aromatic heterocycles. The molecule has 0 spiro atoms. The van der Waals surface area contributed by atoms with E-state index >= 15 is 0 Å². The largest absolute Gasteiger partial charge is 0.387 e. The van der Waals surface area contributed by atoms with Gasteiger partial charge in [-0.05, 0) is 38.0 Å². The topological polar surface area (TPSA) is 38.4 Å². The lowest BCUT2D eigenvalue weighted by atomic mass is 9.73. The van der Waals surface area contributed by atoms with Crippen LogP contribution >= 0.6 is 0 Å². The molecule has 0 heterocycles. The lowest BCUT2D eigenvalue weighted by Crippen LogP contribution is -2.30. The summed E-state index contributed by atoms with van der Waals surface area (Å²) in [6, 6.07) is 0. The second kappa shape index (κ2) is 4.12. The van der Waals surface area contributed by atoms with Crippen molar-refractivity contribution < 1.29 is 0 Å². The molecule has 1 aliphatic rings. The fourth-order valence-corrected chi connectivity index (χ4v) is 2.01. The van der Waals surface area contributed by atoms with E-state index in [4.69, 9.17) is 5.73 Å². The summed E-state index contributed by atoms with van der Waals surface area (Å²) in [6.45, 7) is 7.55. The molecule has 2 heteroatoms. The molecule has 0 aromatic carbocycles. The van der Waals surface area contributed by atoms with E-state index in [1.54, 1.807) is 0 Å². The van der Waals surface area contributed by atoms with Crippen molar-refractivity contribution >= 4 is 5.84 Å². The summed E-state index contributed by atoms with van der Waals surface area (Å²) < 4.78 is 0. The van der Waals surface area contributed by atoms with Gasteiger partial charge in [0.15, 0.2) is 0 Å². The quantitative estimate of drug-likeness (QED) is 0.517. The van der Waals surface area contributed by atoms with Crippen LogP contribution in [-0.4, -0.2) is 12.4 Å². The predicted molar refractivity (Wildman–Crippen MR) is 57.9 cm³/mol. The third-order valence-corrected chi connectivity index (χ3v) is 3.10. The highest BCUT2D eigenvalue weighted by Crippen LogP contribution is 2.37. The van der Waals surface area contributed by atoms with Gasteiger partial charge in [0.05, 0.1) is 5.84 Å². The molecule has 1 rings (SSSR count). The highest BCUT2D eigenvalue weighted by atomic mass is 14.9. The van der Waals surface area contributed by atoms with Crippen LogP contribution in [0.1, 0.15) is 46.5 Å². The Morgan fingerprint density at radius 3 is 2.38 bits per heavy atom. The number of nitrogens with zero attached hydrogens (tertiary/aromatic N) is 1. The van der Waals surface area contributed by atoms with Crippen molar-refractivity contribution in [1.29, 1.82) is 0 Å². The summed E-state index contributed by atoms with van der Waals surface area (Å²) >= 11 is 0. The molecule has 0 aliphatic heterocycles. The van der Waals surface area contributed by atoms with Gasteiger partial charge in [-0.3, -0.25) is 4.99 Å². The predicted octanol–water partition coefficient (Wildman–Crippen LogP) is 2.58. The molecular formula is C11H22N2. The molecule has 1 fully saturated rings. The Labute approximate surface area is 81.6 Å². The molecule has 0 aromatic rings. The van der Waals surface area contributed by atoms with Crippen LogP contribution in [0, 0.1) is 11.3 Å². The van der Waals surface area contributed by atoms with E-state index in [0.717, 1.165) is 12.4 Å². The molecule has 0 saturated heterocycles. The summed E-state index contributed by atoms with van der Waals surface area (Å²) in [5.74, 6) is 1.45. The average Bonchev–Trinajstić information content (AvgIpc) is 2.04. The van der Waals surface area contributed by atoms with Crippen LogP contribution < -0.4 is 5.73 Å². The molecule has 0 atom stereocenters. The molecule has 0 bridgehead atoms. The highest BCUT2D eigenvalue weighted by molar-refractivity contribution is 5.82. The lowest BCUT2D eigenvalue weighted by Gasteiger charge is -2.33. The zero-order valence-electron chi connectivity index (χ0n) is 9.14. The number of aliphatic imine (C=N–C) groups is 1. The van der Waals surface area contributed by atoms with Crippen molar-refractivity contribution in [2.75, 3.05) is 6.54 Å². The van der Waals surface area contributed by atoms with Crippen molar-refractivity contribution in [2.45, 2.75) is 46.5 Å². The lowest BCUT2D eigenvalue weighted by molar-refractivity contribution is 0.220. The fourth-order valence-electron chi connectivity index (χ4n) is 2.01. The fraction of sp³-hybridized carbons (Fsp3) is 0.909. The minimum Gasteiger partial charge on any atom is -0.387 e. The first kappa shape index (κ1) is 10.6. The Kier molecular flexibility index (Phi) is 3.34. The summed E-state index contributed by atoms with van der Waals surface area (Å²) in [6.07, 6.45) is 5.03. The van der Waals surface area contributed by atoms with Gasteiger partial charge in [-0.2, -0.15) is 0 Å². The Morgan fingerprint density at radius 2 is 1.92 bits per heavy atom. The Balaban J connectivity index is 2.45. The van der Waals surface area contributed by atoms with Crippen molar-refractivity contribution in [3.05, 3.63) is 0 Å². The van der Waals surface area contributed by atoms with E-state index in [0.29, 0.717) is 11.3 Å². The molecule has 76 valence electrons. The van der Waals surface area contributed by atoms with Gasteiger partial charge in [-0.1, -0.05) is 13.8 Å². The standard InChI is InChI=1S/C11H22N2/c1-4-13-10(12)9-5-7-11(2,3)8-6-9/h9H,4-8H2,1-3H3,(H2,12,13). The molecule has 0 unspecified atom stereocenters. The number of nitrogens with two attached hydrogens (primary N) is 1. The number of hydrogen-bond donors (Lipinski definition) is 1. The van der Waals surface area contributed by atoms with Crippen LogP contribution in [0.15, 0.2) is 4.99 Å².